The lowest BCUT2D eigenvalue weighted by Crippen LogP contribution is -2.36. The van der Waals surface area contributed by atoms with E-state index in [0.717, 1.165) is 12.1 Å². The van der Waals surface area contributed by atoms with Crippen LogP contribution in [0.3, 0.4) is 0 Å². The van der Waals surface area contributed by atoms with Gasteiger partial charge in [-0.2, -0.15) is 0 Å². The topological polar surface area (TPSA) is 69.6 Å². The lowest BCUT2D eigenvalue weighted by Gasteiger charge is -2.21. The van der Waals surface area contributed by atoms with Gasteiger partial charge in [0.25, 0.3) is 5.91 Å². The first kappa shape index (κ1) is 24.5. The molecular formula is C25H19ClF4N2O3. The van der Waals surface area contributed by atoms with Crippen molar-refractivity contribution in [3.63, 3.8) is 0 Å². The van der Waals surface area contributed by atoms with E-state index >= 15 is 0 Å². The first-order valence-electron chi connectivity index (χ1n) is 10.5. The number of hydrogen-bond acceptors (Lipinski definition) is 3. The van der Waals surface area contributed by atoms with Crippen LogP contribution < -0.4 is 10.2 Å². The van der Waals surface area contributed by atoms with E-state index in [1.807, 2.05) is 0 Å². The minimum atomic E-state index is -1.14. The van der Waals surface area contributed by atoms with E-state index in [4.69, 9.17) is 11.6 Å². The van der Waals surface area contributed by atoms with E-state index < -0.39 is 46.7 Å². The van der Waals surface area contributed by atoms with Crippen molar-refractivity contribution in [1.29, 1.82) is 0 Å². The first-order chi connectivity index (χ1) is 16.4. The van der Waals surface area contributed by atoms with Crippen LogP contribution in [0, 0.1) is 23.3 Å². The number of amides is 2. The second kappa shape index (κ2) is 8.88. The Labute approximate surface area is 202 Å². The van der Waals surface area contributed by atoms with E-state index in [1.165, 1.54) is 17.0 Å². The molecule has 0 spiro atoms. The molecule has 2 N–H and O–H groups in total. The largest absolute Gasteiger partial charge is 0.506 e. The molecule has 1 heterocycles. The molecule has 4 rings (SSSR count). The van der Waals surface area contributed by atoms with Crippen LogP contribution in [0.4, 0.5) is 23.2 Å². The Morgan fingerprint density at radius 3 is 2.31 bits per heavy atom. The van der Waals surface area contributed by atoms with Crippen molar-refractivity contribution < 1.29 is 32.3 Å². The molecule has 0 bridgehead atoms. The zero-order chi connectivity index (χ0) is 25.7. The van der Waals surface area contributed by atoms with Gasteiger partial charge in [0.1, 0.15) is 29.0 Å². The number of carbonyl (C=O) groups is 2. The first-order valence-corrected chi connectivity index (χ1v) is 10.8. The van der Waals surface area contributed by atoms with Crippen LogP contribution in [0.2, 0.25) is 5.02 Å². The number of nitrogens with one attached hydrogen (secondary N) is 1. The van der Waals surface area contributed by atoms with Gasteiger partial charge in [0.2, 0.25) is 5.91 Å². The van der Waals surface area contributed by atoms with E-state index in [-0.39, 0.29) is 34.4 Å². The van der Waals surface area contributed by atoms with Gasteiger partial charge in [-0.05, 0) is 43.7 Å². The average molecular weight is 507 g/mol. The number of rotatable bonds is 5. The number of fused-ring (bicyclic) bond motifs is 1. The van der Waals surface area contributed by atoms with Gasteiger partial charge >= 0.3 is 0 Å². The highest BCUT2D eigenvalue weighted by atomic mass is 35.5. The standard InChI is InChI=1S/C25H19ClF4N2O3/c1-25(2)16-4-3-12(23(34)31-10-14-18(29)8-13(27)9-19(14)30)7-20(16)32(24(25)35)11-15-17(28)5-6-21(33)22(15)26/h3-9,33H,10-11H2,1-2H3,(H,31,34). The summed E-state index contributed by atoms with van der Waals surface area (Å²) in [4.78, 5) is 27.2. The van der Waals surface area contributed by atoms with Crippen LogP contribution in [-0.4, -0.2) is 16.9 Å². The van der Waals surface area contributed by atoms with Crippen LogP contribution in [0.15, 0.2) is 42.5 Å². The average Bonchev–Trinajstić information content (AvgIpc) is 2.98. The van der Waals surface area contributed by atoms with Crippen molar-refractivity contribution in [2.24, 2.45) is 0 Å². The maximum atomic E-state index is 14.5. The van der Waals surface area contributed by atoms with Crippen molar-refractivity contribution in [1.82, 2.24) is 5.32 Å². The van der Waals surface area contributed by atoms with Crippen LogP contribution in [-0.2, 0) is 23.3 Å². The van der Waals surface area contributed by atoms with Gasteiger partial charge < -0.3 is 15.3 Å². The Morgan fingerprint density at radius 2 is 1.66 bits per heavy atom. The fraction of sp³-hybridized carbons (Fsp3) is 0.200. The van der Waals surface area contributed by atoms with Crippen LogP contribution in [0.1, 0.15) is 40.9 Å². The second-order valence-corrected chi connectivity index (χ2v) is 9.02. The van der Waals surface area contributed by atoms with Gasteiger partial charge in [-0.1, -0.05) is 17.7 Å². The molecule has 0 unspecified atom stereocenters. The Bertz CT molecular complexity index is 1350. The van der Waals surface area contributed by atoms with Gasteiger partial charge in [0, 0.05) is 41.1 Å². The normalized spacial score (nSPS) is 14.3. The maximum Gasteiger partial charge on any atom is 0.251 e. The van der Waals surface area contributed by atoms with Gasteiger partial charge in [0.05, 0.1) is 17.0 Å². The lowest BCUT2D eigenvalue weighted by atomic mass is 9.86. The molecule has 3 aromatic carbocycles. The van der Waals surface area contributed by atoms with Gasteiger partial charge in [0.15, 0.2) is 0 Å². The van der Waals surface area contributed by atoms with Crippen molar-refractivity contribution >= 4 is 29.1 Å². The highest BCUT2D eigenvalue weighted by molar-refractivity contribution is 6.32. The Hall–Kier alpha value is -3.59. The van der Waals surface area contributed by atoms with Crippen LogP contribution >= 0.6 is 11.6 Å². The fourth-order valence-electron chi connectivity index (χ4n) is 4.04. The number of halogens is 5. The molecule has 0 aromatic heterocycles. The molecule has 10 heteroatoms. The van der Waals surface area contributed by atoms with E-state index in [9.17, 15) is 32.3 Å². The summed E-state index contributed by atoms with van der Waals surface area (Å²) >= 11 is 6.06. The molecule has 5 nitrogen and oxygen atoms in total. The number of carbonyl (C=O) groups excluding carboxylic acids is 2. The number of phenolic OH excluding ortho intramolecular Hbond substituents is 1. The molecule has 2 amide bonds. The van der Waals surface area contributed by atoms with Gasteiger partial charge in [-0.3, -0.25) is 9.59 Å². The Morgan fingerprint density at radius 1 is 1.00 bits per heavy atom. The quantitative estimate of drug-likeness (QED) is 0.458. The lowest BCUT2D eigenvalue weighted by molar-refractivity contribution is -0.122. The molecule has 0 aliphatic carbocycles. The number of aromatic hydroxyl groups is 1. The summed E-state index contributed by atoms with van der Waals surface area (Å²) < 4.78 is 55.3. The Kier molecular flexibility index (Phi) is 6.23. The third-order valence-corrected chi connectivity index (χ3v) is 6.44. The molecule has 0 atom stereocenters. The molecule has 3 aromatic rings. The zero-order valence-corrected chi connectivity index (χ0v) is 19.3. The fourth-order valence-corrected chi connectivity index (χ4v) is 4.26. The van der Waals surface area contributed by atoms with E-state index in [0.29, 0.717) is 23.4 Å². The molecule has 1 aliphatic heterocycles. The summed E-state index contributed by atoms with van der Waals surface area (Å²) in [5.41, 5.74) is -0.625. The van der Waals surface area contributed by atoms with Crippen molar-refractivity contribution in [2.45, 2.75) is 32.4 Å². The zero-order valence-electron chi connectivity index (χ0n) is 18.6. The van der Waals surface area contributed by atoms with Crippen molar-refractivity contribution in [2.75, 3.05) is 4.90 Å². The van der Waals surface area contributed by atoms with E-state index in [2.05, 4.69) is 5.32 Å². The number of phenols is 1. The van der Waals surface area contributed by atoms with Gasteiger partial charge in [-0.15, -0.1) is 0 Å². The molecule has 35 heavy (non-hydrogen) atoms. The summed E-state index contributed by atoms with van der Waals surface area (Å²) in [6.07, 6.45) is 0. The van der Waals surface area contributed by atoms with E-state index in [1.54, 1.807) is 19.9 Å². The number of anilines is 1. The molecule has 1 aliphatic rings. The van der Waals surface area contributed by atoms with Crippen LogP contribution in [0.5, 0.6) is 5.75 Å². The Balaban J connectivity index is 1.65. The van der Waals surface area contributed by atoms with Crippen LogP contribution in [0.25, 0.3) is 0 Å². The summed E-state index contributed by atoms with van der Waals surface area (Å²) in [5.74, 6) is -5.49. The number of benzene rings is 3. The molecule has 0 saturated carbocycles. The summed E-state index contributed by atoms with van der Waals surface area (Å²) in [5, 5.41) is 12.0. The number of nitrogens with zero attached hydrogens (tertiary/aromatic N) is 1. The molecule has 0 radical (unpaired) electrons. The second-order valence-electron chi connectivity index (χ2n) is 8.64. The smallest absolute Gasteiger partial charge is 0.251 e. The molecular weight excluding hydrogens is 488 g/mol. The SMILES string of the molecule is CC1(C)C(=O)N(Cc2c(F)ccc(O)c2Cl)c2cc(C(=O)NCc3c(F)cc(F)cc3F)ccc21. The highest BCUT2D eigenvalue weighted by Crippen LogP contribution is 2.44. The highest BCUT2D eigenvalue weighted by Gasteiger charge is 2.44. The predicted molar refractivity (Wildman–Crippen MR) is 121 cm³/mol. The molecule has 0 saturated heterocycles. The summed E-state index contributed by atoms with van der Waals surface area (Å²) in [6.45, 7) is 2.51. The van der Waals surface area contributed by atoms with Gasteiger partial charge in [-0.25, -0.2) is 17.6 Å². The summed E-state index contributed by atoms with van der Waals surface area (Å²) in [7, 11) is 0. The van der Waals surface area contributed by atoms with Crippen molar-refractivity contribution in [3.8, 4) is 5.75 Å². The minimum Gasteiger partial charge on any atom is -0.506 e. The monoisotopic (exact) mass is 506 g/mol. The third kappa shape index (κ3) is 4.32. The third-order valence-electron chi connectivity index (χ3n) is 6.02. The predicted octanol–water partition coefficient (Wildman–Crippen LogP) is 5.36. The molecule has 182 valence electrons. The maximum absolute atomic E-state index is 14.5. The number of hydrogen-bond donors (Lipinski definition) is 2. The summed E-state index contributed by atoms with van der Waals surface area (Å²) in [6, 6.07) is 7.58. The molecule has 0 fully saturated rings. The van der Waals surface area contributed by atoms with Crippen molar-refractivity contribution in [3.05, 3.63) is 93.0 Å². The minimum absolute atomic E-state index is 0.0738.